The second-order valence-corrected chi connectivity index (χ2v) is 6.25. The maximum atomic E-state index is 2.66. The molecule has 1 fully saturated rings. The Labute approximate surface area is 82.5 Å². The Bertz CT molecular complexity index is 129. The fraction of sp³-hybridized carbons (Fsp3) is 1.00. The predicted octanol–water partition coefficient (Wildman–Crippen LogP) is -0.548. The highest BCUT2D eigenvalue weighted by molar-refractivity contribution is 6.29. The summed E-state index contributed by atoms with van der Waals surface area (Å²) in [4.78, 5) is 2.27. The van der Waals surface area contributed by atoms with Gasteiger partial charge in [0.25, 0.3) is 0 Å². The molecule has 0 aromatic rings. The Hall–Kier alpha value is 0.412. The van der Waals surface area contributed by atoms with Crippen LogP contribution in [0.5, 0.6) is 0 Å². The van der Waals surface area contributed by atoms with E-state index in [0.717, 1.165) is 0 Å². The quantitative estimate of drug-likeness (QED) is 0.544. The Balaban J connectivity index is 2.00. The molecule has 0 bridgehead atoms. The molecule has 1 aliphatic rings. The highest BCUT2D eigenvalue weighted by Gasteiger charge is 2.19. The topological polar surface area (TPSA) is 9.72 Å². The fourth-order valence-corrected chi connectivity index (χ4v) is 3.20. The van der Waals surface area contributed by atoms with Gasteiger partial charge in [0.2, 0.25) is 0 Å². The zero-order chi connectivity index (χ0) is 8.97. The molecule has 3 nitrogen and oxygen atoms in total. The Kier molecular flexibility index (Phi) is 4.55. The number of rotatable bonds is 4. The molecule has 1 heterocycles. The standard InChI is InChI=1S/C8H19N3.Al.H/c1-9-6-7-10-5-4-8-11(2)3;;/h4-8H2,1-3H3;;/q-2;+2;. The van der Waals surface area contributed by atoms with Crippen molar-refractivity contribution in [1.29, 1.82) is 0 Å². The molecular formula is C8H20AlN3. The van der Waals surface area contributed by atoms with E-state index in [1.807, 2.05) is 0 Å². The highest BCUT2D eigenvalue weighted by atomic mass is 27.1. The molecule has 70 valence electrons. The Morgan fingerprint density at radius 1 is 1.33 bits per heavy atom. The molecule has 0 unspecified atom stereocenters. The van der Waals surface area contributed by atoms with Gasteiger partial charge in [-0.15, -0.1) is 0 Å². The van der Waals surface area contributed by atoms with Crippen molar-refractivity contribution in [3.63, 3.8) is 0 Å². The van der Waals surface area contributed by atoms with Gasteiger partial charge in [0.05, 0.1) is 0 Å². The monoisotopic (exact) mass is 185 g/mol. The van der Waals surface area contributed by atoms with Crippen LogP contribution in [0.15, 0.2) is 0 Å². The van der Waals surface area contributed by atoms with Crippen LogP contribution in [0, 0.1) is 0 Å². The molecule has 0 aromatic heterocycles. The summed E-state index contributed by atoms with van der Waals surface area (Å²) in [5.74, 6) is 0. The Morgan fingerprint density at radius 2 is 2.08 bits per heavy atom. The molecule has 1 aliphatic heterocycles. The first-order valence-electron chi connectivity index (χ1n) is 4.74. The van der Waals surface area contributed by atoms with Crippen molar-refractivity contribution in [3.05, 3.63) is 0 Å². The molecular weight excluding hydrogens is 165 g/mol. The average Bonchev–Trinajstić information content (AvgIpc) is 2.35. The molecule has 0 aromatic carbocycles. The zero-order valence-electron chi connectivity index (χ0n) is 8.58. The molecule has 0 spiro atoms. The fourth-order valence-electron chi connectivity index (χ4n) is 1.59. The molecule has 1 rings (SSSR count). The molecule has 0 atom stereocenters. The first-order chi connectivity index (χ1) is 5.68. The summed E-state index contributed by atoms with van der Waals surface area (Å²) in [7, 11) is 6.54. The molecule has 4 heteroatoms. The van der Waals surface area contributed by atoms with Crippen molar-refractivity contribution in [3.8, 4) is 0 Å². The van der Waals surface area contributed by atoms with E-state index >= 15 is 0 Å². The summed E-state index contributed by atoms with van der Waals surface area (Å²) >= 11 is -0.0152. The van der Waals surface area contributed by atoms with Gasteiger partial charge in [-0.05, 0) is 53.7 Å². The van der Waals surface area contributed by atoms with Gasteiger partial charge in [-0.3, -0.25) is 0 Å². The van der Waals surface area contributed by atoms with Crippen LogP contribution in [0.4, 0.5) is 0 Å². The minimum absolute atomic E-state index is 0.0152. The first kappa shape index (κ1) is 10.5. The minimum Gasteiger partial charge on any atom is -0.376 e. The molecule has 0 amide bonds. The number of nitrogens with zero attached hydrogens (tertiary/aromatic N) is 3. The van der Waals surface area contributed by atoms with Crippen molar-refractivity contribution in [2.45, 2.75) is 6.42 Å². The summed E-state index contributed by atoms with van der Waals surface area (Å²) in [6, 6.07) is 0. The lowest BCUT2D eigenvalue weighted by molar-refractivity contribution is 0.367. The molecule has 0 radical (unpaired) electrons. The normalized spacial score (nSPS) is 20.3. The molecule has 0 N–H and O–H groups in total. The third-order valence-corrected chi connectivity index (χ3v) is 4.15. The van der Waals surface area contributed by atoms with Crippen molar-refractivity contribution >= 4 is 15.7 Å². The number of hydrogen-bond acceptors (Lipinski definition) is 3. The smallest absolute Gasteiger partial charge is 0.376 e. The summed E-state index contributed by atoms with van der Waals surface area (Å²) in [6.45, 7) is 5.16. The maximum Gasteiger partial charge on any atom is 0.462 e. The van der Waals surface area contributed by atoms with E-state index in [1.54, 1.807) is 0 Å². The second-order valence-electron chi connectivity index (χ2n) is 4.00. The van der Waals surface area contributed by atoms with E-state index < -0.39 is 0 Å². The average molecular weight is 185 g/mol. The van der Waals surface area contributed by atoms with Gasteiger partial charge >= 0.3 is 15.7 Å². The summed E-state index contributed by atoms with van der Waals surface area (Å²) in [6.07, 6.45) is 1.33. The molecule has 1 saturated heterocycles. The van der Waals surface area contributed by atoms with E-state index in [1.165, 1.54) is 32.6 Å². The number of likely N-dealkylation sites (N-methyl/N-ethyl adjacent to an activating group) is 1. The summed E-state index contributed by atoms with van der Waals surface area (Å²) in [5, 5.41) is 0. The number of hydrogen-bond donors (Lipinski definition) is 0. The summed E-state index contributed by atoms with van der Waals surface area (Å²) < 4.78 is 5.17. The van der Waals surface area contributed by atoms with Crippen molar-refractivity contribution in [2.75, 3.05) is 47.3 Å². The van der Waals surface area contributed by atoms with Gasteiger partial charge in [0, 0.05) is 0 Å². The van der Waals surface area contributed by atoms with Gasteiger partial charge in [-0.25, -0.2) is 0 Å². The molecule has 12 heavy (non-hydrogen) atoms. The molecule has 0 aliphatic carbocycles. The van der Waals surface area contributed by atoms with Crippen LogP contribution in [0.2, 0.25) is 0 Å². The van der Waals surface area contributed by atoms with Crippen molar-refractivity contribution in [2.24, 2.45) is 0 Å². The van der Waals surface area contributed by atoms with Crippen LogP contribution in [0.25, 0.3) is 0 Å². The third-order valence-electron chi connectivity index (χ3n) is 2.32. The summed E-state index contributed by atoms with van der Waals surface area (Å²) in [5.41, 5.74) is 0. The second kappa shape index (κ2) is 5.21. The van der Waals surface area contributed by atoms with Crippen LogP contribution in [0.1, 0.15) is 6.42 Å². The lowest BCUT2D eigenvalue weighted by atomic mass is 10.4. The van der Waals surface area contributed by atoms with Crippen molar-refractivity contribution < 1.29 is 0 Å². The zero-order valence-corrected chi connectivity index (χ0v) is 10.00. The predicted molar refractivity (Wildman–Crippen MR) is 54.5 cm³/mol. The van der Waals surface area contributed by atoms with Crippen LogP contribution in [-0.2, 0) is 0 Å². The van der Waals surface area contributed by atoms with Crippen LogP contribution < -0.4 is 0 Å². The van der Waals surface area contributed by atoms with E-state index in [0.29, 0.717) is 0 Å². The van der Waals surface area contributed by atoms with Gasteiger partial charge in [-0.2, -0.15) is 0 Å². The van der Waals surface area contributed by atoms with E-state index in [4.69, 9.17) is 0 Å². The maximum absolute atomic E-state index is 2.66. The third kappa shape index (κ3) is 3.88. The SMILES string of the molecule is CN(C)CCC[N]1CC[N](C)[AlH]1. The van der Waals surface area contributed by atoms with Gasteiger partial charge in [0.1, 0.15) is 0 Å². The highest BCUT2D eigenvalue weighted by Crippen LogP contribution is 1.99. The van der Waals surface area contributed by atoms with Crippen LogP contribution >= 0.6 is 0 Å². The Morgan fingerprint density at radius 3 is 2.58 bits per heavy atom. The van der Waals surface area contributed by atoms with Gasteiger partial charge < -0.3 is 12.7 Å². The lowest BCUT2D eigenvalue weighted by Crippen LogP contribution is -2.29. The molecule has 0 saturated carbocycles. The first-order valence-corrected chi connectivity index (χ1v) is 6.00. The largest absolute Gasteiger partial charge is 0.462 e. The van der Waals surface area contributed by atoms with E-state index in [-0.39, 0.29) is 15.7 Å². The van der Waals surface area contributed by atoms with Crippen LogP contribution in [-0.4, -0.2) is 75.6 Å². The van der Waals surface area contributed by atoms with Crippen LogP contribution in [0.3, 0.4) is 0 Å². The van der Waals surface area contributed by atoms with Gasteiger partial charge in [0.15, 0.2) is 0 Å². The van der Waals surface area contributed by atoms with E-state index in [2.05, 4.69) is 33.8 Å². The van der Waals surface area contributed by atoms with E-state index in [9.17, 15) is 0 Å². The lowest BCUT2D eigenvalue weighted by Gasteiger charge is -2.16. The van der Waals surface area contributed by atoms with Crippen molar-refractivity contribution in [1.82, 2.24) is 12.7 Å². The minimum atomic E-state index is -0.0152. The van der Waals surface area contributed by atoms with Gasteiger partial charge in [-0.1, -0.05) is 0 Å².